The lowest BCUT2D eigenvalue weighted by atomic mass is 10.1. The Morgan fingerprint density at radius 3 is 2.52 bits per heavy atom. The molecule has 3 rings (SSSR count). The monoisotopic (exact) mass is 425 g/mol. The number of carbonyl (C=O) groups excluding carboxylic acids is 2. The molecule has 2 aromatic carbocycles. The summed E-state index contributed by atoms with van der Waals surface area (Å²) in [6.07, 6.45) is 0. The van der Waals surface area contributed by atoms with Gasteiger partial charge in [-0.1, -0.05) is 12.1 Å². The summed E-state index contributed by atoms with van der Waals surface area (Å²) in [6.45, 7) is 3.10. The van der Waals surface area contributed by atoms with E-state index in [1.54, 1.807) is 31.2 Å². The van der Waals surface area contributed by atoms with Gasteiger partial charge in [0, 0.05) is 17.8 Å². The summed E-state index contributed by atoms with van der Waals surface area (Å²) in [7, 11) is 0. The number of aryl methyl sites for hydroxylation is 1. The maximum Gasteiger partial charge on any atom is 0.312 e. The highest BCUT2D eigenvalue weighted by atomic mass is 19.1. The lowest BCUT2D eigenvalue weighted by Gasteiger charge is -2.09. The molecule has 0 aliphatic rings. The van der Waals surface area contributed by atoms with E-state index in [-0.39, 0.29) is 36.3 Å². The van der Waals surface area contributed by atoms with Gasteiger partial charge in [-0.15, -0.1) is 0 Å². The summed E-state index contributed by atoms with van der Waals surface area (Å²) in [4.78, 5) is 35.1. The van der Waals surface area contributed by atoms with E-state index in [1.165, 1.54) is 35.9 Å². The van der Waals surface area contributed by atoms with Crippen molar-refractivity contribution >= 4 is 23.2 Å². The number of aromatic nitrogens is 2. The highest BCUT2D eigenvalue weighted by molar-refractivity contribution is 6.04. The number of nitro groups is 1. The van der Waals surface area contributed by atoms with Gasteiger partial charge in [-0.25, -0.2) is 4.39 Å². The highest BCUT2D eigenvalue weighted by Gasteiger charge is 2.22. The van der Waals surface area contributed by atoms with Crippen LogP contribution in [0.5, 0.6) is 0 Å². The van der Waals surface area contributed by atoms with E-state index in [9.17, 15) is 24.1 Å². The topological polar surface area (TPSA) is 119 Å². The molecule has 2 N–H and O–H groups in total. The van der Waals surface area contributed by atoms with E-state index in [0.29, 0.717) is 16.9 Å². The molecule has 0 aliphatic heterocycles. The van der Waals surface area contributed by atoms with Crippen LogP contribution in [0.25, 0.3) is 0 Å². The second-order valence-corrected chi connectivity index (χ2v) is 6.87. The van der Waals surface area contributed by atoms with Crippen LogP contribution in [0.1, 0.15) is 27.3 Å². The van der Waals surface area contributed by atoms with Crippen molar-refractivity contribution in [2.75, 3.05) is 5.32 Å². The highest BCUT2D eigenvalue weighted by Crippen LogP contribution is 2.21. The first-order valence-electron chi connectivity index (χ1n) is 9.35. The third-order valence-corrected chi connectivity index (χ3v) is 4.60. The van der Waals surface area contributed by atoms with Gasteiger partial charge >= 0.3 is 5.69 Å². The normalized spacial score (nSPS) is 10.5. The molecular formula is C21H20FN5O4. The Hall–Kier alpha value is -4.08. The number of nitrogens with zero attached hydrogens (tertiary/aromatic N) is 3. The molecule has 0 saturated carbocycles. The minimum atomic E-state index is -0.516. The summed E-state index contributed by atoms with van der Waals surface area (Å²) in [6, 6.07) is 12.1. The van der Waals surface area contributed by atoms with Crippen molar-refractivity contribution in [2.45, 2.75) is 26.9 Å². The summed E-state index contributed by atoms with van der Waals surface area (Å²) in [5, 5.41) is 20.6. The molecule has 1 heterocycles. The molecule has 160 valence electrons. The smallest absolute Gasteiger partial charge is 0.312 e. The maximum atomic E-state index is 13.0. The fourth-order valence-electron chi connectivity index (χ4n) is 3.06. The van der Waals surface area contributed by atoms with Crippen LogP contribution in [0.15, 0.2) is 48.5 Å². The van der Waals surface area contributed by atoms with Crippen LogP contribution in [0.3, 0.4) is 0 Å². The summed E-state index contributed by atoms with van der Waals surface area (Å²) in [5.41, 5.74) is 2.04. The zero-order valence-corrected chi connectivity index (χ0v) is 16.9. The predicted octanol–water partition coefficient (Wildman–Crippen LogP) is 3.12. The van der Waals surface area contributed by atoms with Crippen LogP contribution in [-0.4, -0.2) is 26.5 Å². The molecule has 0 atom stereocenters. The molecule has 31 heavy (non-hydrogen) atoms. The first kappa shape index (κ1) is 21.6. The van der Waals surface area contributed by atoms with E-state index in [2.05, 4.69) is 15.7 Å². The molecule has 3 aromatic rings. The van der Waals surface area contributed by atoms with Crippen LogP contribution in [0.4, 0.5) is 15.8 Å². The second-order valence-electron chi connectivity index (χ2n) is 6.87. The molecule has 2 amide bonds. The van der Waals surface area contributed by atoms with Gasteiger partial charge in [0.2, 0.25) is 5.91 Å². The lowest BCUT2D eigenvalue weighted by Crippen LogP contribution is -2.28. The van der Waals surface area contributed by atoms with Crippen LogP contribution in [0, 0.1) is 29.8 Å². The molecule has 10 heteroatoms. The number of hydrogen-bond acceptors (Lipinski definition) is 5. The maximum absolute atomic E-state index is 13.0. The van der Waals surface area contributed by atoms with Gasteiger partial charge in [-0.2, -0.15) is 5.10 Å². The van der Waals surface area contributed by atoms with E-state index < -0.39 is 10.7 Å². The first-order chi connectivity index (χ1) is 14.7. The van der Waals surface area contributed by atoms with Crippen molar-refractivity contribution in [3.8, 4) is 0 Å². The van der Waals surface area contributed by atoms with Crippen molar-refractivity contribution < 1.29 is 18.9 Å². The SMILES string of the molecule is Cc1nn(CC(=O)NCc2cccc(NC(=O)c3ccc(F)cc3)c2)c(C)c1[N+](=O)[O-]. The Morgan fingerprint density at radius 2 is 1.87 bits per heavy atom. The first-order valence-corrected chi connectivity index (χ1v) is 9.35. The number of hydrogen-bond donors (Lipinski definition) is 2. The Bertz CT molecular complexity index is 1140. The third kappa shape index (κ3) is 5.30. The fourth-order valence-corrected chi connectivity index (χ4v) is 3.06. The number of halogens is 1. The van der Waals surface area contributed by atoms with Gasteiger partial charge in [0.25, 0.3) is 5.91 Å². The number of anilines is 1. The standard InChI is InChI=1S/C21H20FN5O4/c1-13-20(27(30)31)14(2)26(25-13)12-19(28)23-11-15-4-3-5-18(10-15)24-21(29)16-6-8-17(22)9-7-16/h3-10H,11-12H2,1-2H3,(H,23,28)(H,24,29). The van der Waals surface area contributed by atoms with Crippen molar-refractivity contribution in [3.05, 3.63) is 87.0 Å². The third-order valence-electron chi connectivity index (χ3n) is 4.60. The van der Waals surface area contributed by atoms with Crippen LogP contribution in [-0.2, 0) is 17.9 Å². The van der Waals surface area contributed by atoms with Crippen LogP contribution < -0.4 is 10.6 Å². The zero-order valence-electron chi connectivity index (χ0n) is 16.9. The largest absolute Gasteiger partial charge is 0.350 e. The molecule has 0 fully saturated rings. The Labute approximate surface area is 177 Å². The van der Waals surface area contributed by atoms with Crippen LogP contribution >= 0.6 is 0 Å². The number of amides is 2. The molecule has 1 aromatic heterocycles. The van der Waals surface area contributed by atoms with Gasteiger partial charge < -0.3 is 10.6 Å². The zero-order chi connectivity index (χ0) is 22.5. The molecule has 0 radical (unpaired) electrons. The minimum Gasteiger partial charge on any atom is -0.350 e. The van der Waals surface area contributed by atoms with Gasteiger partial charge in [-0.3, -0.25) is 24.4 Å². The molecule has 0 aliphatic carbocycles. The van der Waals surface area contributed by atoms with E-state index in [4.69, 9.17) is 0 Å². The van der Waals surface area contributed by atoms with Crippen molar-refractivity contribution in [1.82, 2.24) is 15.1 Å². The van der Waals surface area contributed by atoms with Crippen molar-refractivity contribution in [1.29, 1.82) is 0 Å². The summed E-state index contributed by atoms with van der Waals surface area (Å²) >= 11 is 0. The average molecular weight is 425 g/mol. The molecule has 0 saturated heterocycles. The van der Waals surface area contributed by atoms with Gasteiger partial charge in [0.05, 0.1) is 4.92 Å². The number of benzene rings is 2. The van der Waals surface area contributed by atoms with Gasteiger partial charge in [0.15, 0.2) is 0 Å². The molecule has 0 spiro atoms. The molecule has 0 unspecified atom stereocenters. The Morgan fingerprint density at radius 1 is 1.16 bits per heavy atom. The van der Waals surface area contributed by atoms with Gasteiger partial charge in [-0.05, 0) is 55.8 Å². The van der Waals surface area contributed by atoms with E-state index >= 15 is 0 Å². The van der Waals surface area contributed by atoms with Crippen molar-refractivity contribution in [3.63, 3.8) is 0 Å². The second kappa shape index (κ2) is 9.16. The fraction of sp³-hybridized carbons (Fsp3) is 0.190. The Balaban J connectivity index is 1.59. The lowest BCUT2D eigenvalue weighted by molar-refractivity contribution is -0.386. The van der Waals surface area contributed by atoms with Crippen molar-refractivity contribution in [2.24, 2.45) is 0 Å². The van der Waals surface area contributed by atoms with E-state index in [0.717, 1.165) is 5.56 Å². The minimum absolute atomic E-state index is 0.0996. The van der Waals surface area contributed by atoms with Crippen LogP contribution in [0.2, 0.25) is 0 Å². The molecular weight excluding hydrogens is 405 g/mol. The quantitative estimate of drug-likeness (QED) is 0.445. The molecule has 0 bridgehead atoms. The number of nitrogens with one attached hydrogen (secondary N) is 2. The van der Waals surface area contributed by atoms with E-state index in [1.807, 2.05) is 0 Å². The van der Waals surface area contributed by atoms with Gasteiger partial charge in [0.1, 0.15) is 23.7 Å². The predicted molar refractivity (Wildman–Crippen MR) is 111 cm³/mol. The summed E-state index contributed by atoms with van der Waals surface area (Å²) in [5.74, 6) is -1.17. The Kier molecular flexibility index (Phi) is 6.39. The average Bonchev–Trinajstić information content (AvgIpc) is 3.00. The number of rotatable bonds is 7. The number of carbonyl (C=O) groups is 2. The molecule has 9 nitrogen and oxygen atoms in total. The summed E-state index contributed by atoms with van der Waals surface area (Å²) < 4.78 is 14.3.